The number of oxazole rings is 1. The van der Waals surface area contributed by atoms with E-state index in [9.17, 15) is 9.59 Å². The Kier molecular flexibility index (Phi) is 5.45. The van der Waals surface area contributed by atoms with E-state index in [4.69, 9.17) is 4.42 Å². The van der Waals surface area contributed by atoms with Crippen molar-refractivity contribution in [2.75, 3.05) is 5.75 Å². The summed E-state index contributed by atoms with van der Waals surface area (Å²) >= 11 is 4.60. The Bertz CT molecular complexity index is 1260. The Hall–Kier alpha value is -2.43. The van der Waals surface area contributed by atoms with Crippen molar-refractivity contribution in [2.24, 2.45) is 0 Å². The molecule has 0 aliphatic heterocycles. The van der Waals surface area contributed by atoms with Gasteiger partial charge in [0.2, 0.25) is 11.8 Å². The van der Waals surface area contributed by atoms with Crippen LogP contribution in [0.25, 0.3) is 21.0 Å². The van der Waals surface area contributed by atoms with Crippen LogP contribution in [0.3, 0.4) is 0 Å². The number of aromatic nitrogens is 3. The van der Waals surface area contributed by atoms with Gasteiger partial charge in [0.25, 0.3) is 5.56 Å². The smallest absolute Gasteiger partial charge is 0.259 e. The normalized spacial score (nSPS) is 13.1. The predicted octanol–water partition coefficient (Wildman–Crippen LogP) is 3.74. The average molecular weight is 459 g/mol. The van der Waals surface area contributed by atoms with Gasteiger partial charge in [0, 0.05) is 4.88 Å². The molecular weight excluding hydrogens is 440 g/mol. The molecule has 0 atom stereocenters. The predicted molar refractivity (Wildman–Crippen MR) is 120 cm³/mol. The van der Waals surface area contributed by atoms with E-state index >= 15 is 0 Å². The van der Waals surface area contributed by atoms with Crippen molar-refractivity contribution in [3.05, 3.63) is 56.1 Å². The standard InChI is InChI=1S/C20H18N4O3S3/c25-16(21-7-11-8-27-19(22-11)14-5-2-6-29-14)10-28-9-15-23-18(26)17-12-3-1-4-13(12)30-20(17)24-15/h2,5-6,8H,1,3-4,7,9-10H2,(H,21,25)(H,23,24,26). The van der Waals surface area contributed by atoms with Crippen LogP contribution in [0.15, 0.2) is 33.0 Å². The lowest BCUT2D eigenvalue weighted by Crippen LogP contribution is -2.24. The van der Waals surface area contributed by atoms with Gasteiger partial charge in [0.05, 0.1) is 34.0 Å². The summed E-state index contributed by atoms with van der Waals surface area (Å²) in [6.45, 7) is 0.316. The summed E-state index contributed by atoms with van der Waals surface area (Å²) in [6.07, 6.45) is 4.69. The number of rotatable bonds is 7. The fraction of sp³-hybridized carbons (Fsp3) is 0.300. The highest BCUT2D eigenvalue weighted by Gasteiger charge is 2.21. The fourth-order valence-corrected chi connectivity index (χ4v) is 6.15. The number of thioether (sulfide) groups is 1. The maximum absolute atomic E-state index is 12.5. The second-order valence-corrected chi connectivity index (χ2v) is 9.96. The third-order valence-electron chi connectivity index (χ3n) is 4.85. The summed E-state index contributed by atoms with van der Waals surface area (Å²) in [4.78, 5) is 39.5. The Morgan fingerprint density at radius 2 is 2.27 bits per heavy atom. The molecule has 4 heterocycles. The van der Waals surface area contributed by atoms with Crippen molar-refractivity contribution in [2.45, 2.75) is 31.6 Å². The topological polar surface area (TPSA) is 101 Å². The zero-order valence-electron chi connectivity index (χ0n) is 15.9. The molecule has 0 aromatic carbocycles. The molecule has 2 N–H and O–H groups in total. The number of fused-ring (bicyclic) bond motifs is 3. The highest BCUT2D eigenvalue weighted by atomic mass is 32.2. The van der Waals surface area contributed by atoms with Crippen LogP contribution in [0.1, 0.15) is 28.4 Å². The number of aromatic amines is 1. The Morgan fingerprint density at radius 3 is 3.13 bits per heavy atom. The molecule has 4 aromatic heterocycles. The molecule has 0 bridgehead atoms. The number of nitrogens with zero attached hydrogens (tertiary/aromatic N) is 2. The molecule has 0 saturated heterocycles. The first-order chi connectivity index (χ1) is 14.7. The maximum Gasteiger partial charge on any atom is 0.259 e. The summed E-state index contributed by atoms with van der Waals surface area (Å²) in [5.74, 6) is 1.83. The average Bonchev–Trinajstić information content (AvgIpc) is 3.49. The minimum absolute atomic E-state index is 0.0629. The van der Waals surface area contributed by atoms with Crippen LogP contribution in [-0.2, 0) is 29.9 Å². The molecule has 0 unspecified atom stereocenters. The van der Waals surface area contributed by atoms with Gasteiger partial charge in [-0.25, -0.2) is 9.97 Å². The molecule has 0 radical (unpaired) electrons. The van der Waals surface area contributed by atoms with Gasteiger partial charge in [-0.2, -0.15) is 0 Å². The van der Waals surface area contributed by atoms with E-state index in [1.165, 1.54) is 22.2 Å². The van der Waals surface area contributed by atoms with Gasteiger partial charge in [0.15, 0.2) is 0 Å². The zero-order chi connectivity index (χ0) is 20.5. The Labute approximate surface area is 184 Å². The lowest BCUT2D eigenvalue weighted by molar-refractivity contribution is -0.118. The molecule has 10 heteroatoms. The number of hydrogen-bond acceptors (Lipinski definition) is 8. The zero-order valence-corrected chi connectivity index (χ0v) is 18.3. The van der Waals surface area contributed by atoms with E-state index in [1.807, 2.05) is 17.5 Å². The largest absolute Gasteiger partial charge is 0.443 e. The molecule has 1 aliphatic rings. The van der Waals surface area contributed by atoms with Gasteiger partial charge in [0.1, 0.15) is 16.9 Å². The van der Waals surface area contributed by atoms with Gasteiger partial charge in [-0.1, -0.05) is 6.07 Å². The molecule has 1 aliphatic carbocycles. The molecule has 7 nitrogen and oxygen atoms in total. The third-order valence-corrected chi connectivity index (χ3v) is 7.83. The number of carbonyl (C=O) groups is 1. The van der Waals surface area contributed by atoms with Crippen LogP contribution in [0.4, 0.5) is 0 Å². The fourth-order valence-electron chi connectivity index (χ4n) is 3.50. The van der Waals surface area contributed by atoms with Gasteiger partial charge in [-0.15, -0.1) is 34.4 Å². The van der Waals surface area contributed by atoms with Gasteiger partial charge in [-0.05, 0) is 36.3 Å². The molecule has 4 aromatic rings. The molecule has 1 amide bonds. The van der Waals surface area contributed by atoms with Crippen molar-refractivity contribution in [3.8, 4) is 10.8 Å². The number of carbonyl (C=O) groups excluding carboxylic acids is 1. The Balaban J connectivity index is 1.13. The Morgan fingerprint density at radius 1 is 1.33 bits per heavy atom. The molecule has 5 rings (SSSR count). The van der Waals surface area contributed by atoms with E-state index in [-0.39, 0.29) is 17.2 Å². The van der Waals surface area contributed by atoms with E-state index in [0.29, 0.717) is 29.7 Å². The van der Waals surface area contributed by atoms with Crippen molar-refractivity contribution >= 4 is 50.6 Å². The molecule has 0 fully saturated rings. The monoisotopic (exact) mass is 458 g/mol. The van der Waals surface area contributed by atoms with E-state index in [0.717, 1.165) is 34.4 Å². The highest BCUT2D eigenvalue weighted by molar-refractivity contribution is 7.99. The van der Waals surface area contributed by atoms with E-state index in [2.05, 4.69) is 20.3 Å². The quantitative estimate of drug-likeness (QED) is 0.438. The van der Waals surface area contributed by atoms with Crippen molar-refractivity contribution in [1.82, 2.24) is 20.3 Å². The number of aryl methyl sites for hydroxylation is 2. The summed E-state index contributed by atoms with van der Waals surface area (Å²) in [7, 11) is 0. The number of H-pyrrole nitrogens is 1. The van der Waals surface area contributed by atoms with Crippen LogP contribution >= 0.6 is 34.4 Å². The first-order valence-corrected chi connectivity index (χ1v) is 12.4. The van der Waals surface area contributed by atoms with Gasteiger partial charge < -0.3 is 14.7 Å². The highest BCUT2D eigenvalue weighted by Crippen LogP contribution is 2.34. The molecule has 0 saturated carbocycles. The minimum atomic E-state index is -0.0980. The van der Waals surface area contributed by atoms with Crippen molar-refractivity contribution in [3.63, 3.8) is 0 Å². The van der Waals surface area contributed by atoms with Gasteiger partial charge >= 0.3 is 0 Å². The number of hydrogen-bond donors (Lipinski definition) is 2. The summed E-state index contributed by atoms with van der Waals surface area (Å²) in [5, 5.41) is 5.56. The van der Waals surface area contributed by atoms with Crippen LogP contribution in [0.5, 0.6) is 0 Å². The molecule has 30 heavy (non-hydrogen) atoms. The summed E-state index contributed by atoms with van der Waals surface area (Å²) in [6, 6.07) is 3.88. The van der Waals surface area contributed by atoms with E-state index < -0.39 is 0 Å². The maximum atomic E-state index is 12.5. The second kappa shape index (κ2) is 8.37. The van der Waals surface area contributed by atoms with Gasteiger partial charge in [-0.3, -0.25) is 9.59 Å². The first kappa shape index (κ1) is 19.5. The van der Waals surface area contributed by atoms with E-state index in [1.54, 1.807) is 28.9 Å². The van der Waals surface area contributed by atoms with Crippen molar-refractivity contribution < 1.29 is 9.21 Å². The lowest BCUT2D eigenvalue weighted by atomic mass is 10.2. The second-order valence-electron chi connectivity index (χ2n) is 6.94. The lowest BCUT2D eigenvalue weighted by Gasteiger charge is -2.03. The molecular formula is C20H18N4O3S3. The first-order valence-electron chi connectivity index (χ1n) is 9.53. The summed E-state index contributed by atoms with van der Waals surface area (Å²) in [5.41, 5.74) is 1.79. The molecule has 0 spiro atoms. The summed E-state index contributed by atoms with van der Waals surface area (Å²) < 4.78 is 5.45. The van der Waals surface area contributed by atoms with Crippen LogP contribution in [0, 0.1) is 0 Å². The number of thiophene rings is 2. The third kappa shape index (κ3) is 3.94. The molecule has 154 valence electrons. The van der Waals surface area contributed by atoms with Crippen LogP contribution in [0.2, 0.25) is 0 Å². The SMILES string of the molecule is O=C(CSCc1nc2sc3c(c2c(=O)[nH]1)CCC3)NCc1coc(-c2cccs2)n1. The van der Waals surface area contributed by atoms with Crippen LogP contribution < -0.4 is 10.9 Å². The number of nitrogens with one attached hydrogen (secondary N) is 2. The van der Waals surface area contributed by atoms with Crippen molar-refractivity contribution in [1.29, 1.82) is 0 Å². The van der Waals surface area contributed by atoms with Crippen LogP contribution in [-0.4, -0.2) is 26.6 Å². The minimum Gasteiger partial charge on any atom is -0.443 e. The number of amides is 1.